The average Bonchev–Trinajstić information content (AvgIpc) is 3.08. The Balaban J connectivity index is 1.74. The Morgan fingerprint density at radius 3 is 2.72 bits per heavy atom. The second kappa shape index (κ2) is 6.66. The van der Waals surface area contributed by atoms with Crippen LogP contribution in [0.1, 0.15) is 16.1 Å². The fraction of sp³-hybridized carbons (Fsp3) is 0.263. The summed E-state index contributed by atoms with van der Waals surface area (Å²) in [7, 11) is 0. The summed E-state index contributed by atoms with van der Waals surface area (Å²) in [5.74, 6) is 1.32. The van der Waals surface area contributed by atoms with E-state index in [0.717, 1.165) is 16.7 Å². The predicted molar refractivity (Wildman–Crippen MR) is 94.0 cm³/mol. The first-order valence-electron chi connectivity index (χ1n) is 8.31. The van der Waals surface area contributed by atoms with Gasteiger partial charge in [-0.15, -0.1) is 0 Å². The molecule has 3 aromatic rings. The highest BCUT2D eigenvalue weighted by atomic mass is 16.5. The first-order chi connectivity index (χ1) is 12.2. The molecule has 1 saturated heterocycles. The van der Waals surface area contributed by atoms with Gasteiger partial charge in [-0.3, -0.25) is 10.2 Å². The number of hydrogen-bond acceptors (Lipinski definition) is 5. The molecule has 1 amide bonds. The molecule has 4 rings (SSSR count). The number of ether oxygens (including phenoxy) is 1. The number of nitrogens with zero attached hydrogens (tertiary/aromatic N) is 2. The minimum atomic E-state index is -0.148. The van der Waals surface area contributed by atoms with Crippen molar-refractivity contribution in [3.63, 3.8) is 0 Å². The number of furan rings is 1. The van der Waals surface area contributed by atoms with E-state index in [0.29, 0.717) is 43.3 Å². The van der Waals surface area contributed by atoms with Crippen LogP contribution in [0.2, 0.25) is 0 Å². The monoisotopic (exact) mass is 337 g/mol. The van der Waals surface area contributed by atoms with Crippen LogP contribution in [-0.4, -0.2) is 42.2 Å². The van der Waals surface area contributed by atoms with Crippen molar-refractivity contribution in [3.05, 3.63) is 53.8 Å². The number of hydrogen-bond donors (Lipinski definition) is 1. The number of morpholine rings is 1. The molecule has 1 aliphatic rings. The van der Waals surface area contributed by atoms with E-state index in [1.807, 2.05) is 48.3 Å². The Bertz CT molecular complexity index is 913. The number of aromatic nitrogens is 1. The summed E-state index contributed by atoms with van der Waals surface area (Å²) in [6.07, 6.45) is 0. The van der Waals surface area contributed by atoms with E-state index in [1.54, 1.807) is 6.07 Å². The molecule has 128 valence electrons. The maximum atomic E-state index is 12.9. The van der Waals surface area contributed by atoms with Gasteiger partial charge in [-0.2, -0.15) is 0 Å². The smallest absolute Gasteiger partial charge is 0.266 e. The zero-order chi connectivity index (χ0) is 17.2. The van der Waals surface area contributed by atoms with Crippen LogP contribution in [-0.2, 0) is 4.74 Å². The number of para-hydroxylation sites is 1. The molecule has 1 N–H and O–H groups in total. The molecule has 6 nitrogen and oxygen atoms in total. The lowest BCUT2D eigenvalue weighted by atomic mass is 10.1. The molecule has 6 heteroatoms. The topological polar surface area (TPSA) is 67.6 Å². The van der Waals surface area contributed by atoms with Gasteiger partial charge in [0.05, 0.1) is 24.3 Å². The van der Waals surface area contributed by atoms with Crippen molar-refractivity contribution in [1.82, 2.24) is 15.4 Å². The van der Waals surface area contributed by atoms with Crippen LogP contribution in [0.25, 0.3) is 22.4 Å². The Hall–Kier alpha value is -2.70. The van der Waals surface area contributed by atoms with Crippen molar-refractivity contribution >= 4 is 16.8 Å². The third-order valence-corrected chi connectivity index (χ3v) is 4.22. The molecule has 0 unspecified atom stereocenters. The molecule has 1 aromatic carbocycles. The van der Waals surface area contributed by atoms with Gasteiger partial charge in [0.1, 0.15) is 11.5 Å². The van der Waals surface area contributed by atoms with Crippen LogP contribution >= 0.6 is 0 Å². The first kappa shape index (κ1) is 15.8. The number of pyridine rings is 1. The van der Waals surface area contributed by atoms with E-state index in [-0.39, 0.29) is 5.91 Å². The van der Waals surface area contributed by atoms with Crippen molar-refractivity contribution in [1.29, 1.82) is 0 Å². The Kier molecular flexibility index (Phi) is 4.21. The number of fused-ring (bicyclic) bond motifs is 1. The van der Waals surface area contributed by atoms with Gasteiger partial charge in [0, 0.05) is 18.5 Å². The van der Waals surface area contributed by atoms with E-state index in [4.69, 9.17) is 9.15 Å². The highest BCUT2D eigenvalue weighted by Crippen LogP contribution is 2.26. The summed E-state index contributed by atoms with van der Waals surface area (Å²) in [6.45, 7) is 4.48. The van der Waals surface area contributed by atoms with E-state index in [9.17, 15) is 4.79 Å². The highest BCUT2D eigenvalue weighted by Gasteiger charge is 2.18. The number of rotatable bonds is 3. The molecule has 0 spiro atoms. The van der Waals surface area contributed by atoms with Gasteiger partial charge in [0.25, 0.3) is 5.91 Å². The van der Waals surface area contributed by atoms with Gasteiger partial charge in [0.2, 0.25) is 0 Å². The SMILES string of the molecule is Cc1ccc(-c2cc(C(=O)NN3CCOCC3)c3ccccc3n2)o1. The van der Waals surface area contributed by atoms with Crippen LogP contribution in [0.3, 0.4) is 0 Å². The average molecular weight is 337 g/mol. The lowest BCUT2D eigenvalue weighted by Crippen LogP contribution is -2.48. The maximum absolute atomic E-state index is 12.9. The summed E-state index contributed by atoms with van der Waals surface area (Å²) in [5.41, 5.74) is 4.97. The second-order valence-corrected chi connectivity index (χ2v) is 6.02. The maximum Gasteiger partial charge on any atom is 0.266 e. The third-order valence-electron chi connectivity index (χ3n) is 4.22. The number of carbonyl (C=O) groups excluding carboxylic acids is 1. The first-order valence-corrected chi connectivity index (χ1v) is 8.31. The normalized spacial score (nSPS) is 15.4. The van der Waals surface area contributed by atoms with Crippen LogP contribution < -0.4 is 5.43 Å². The fourth-order valence-electron chi connectivity index (χ4n) is 2.94. The minimum Gasteiger partial charge on any atom is -0.460 e. The standard InChI is InChI=1S/C19H19N3O3/c1-13-6-7-18(25-13)17-12-15(14-4-2-3-5-16(14)20-17)19(23)21-22-8-10-24-11-9-22/h2-7,12H,8-11H2,1H3,(H,21,23). The number of amides is 1. The molecule has 3 heterocycles. The van der Waals surface area contributed by atoms with Gasteiger partial charge in [-0.05, 0) is 31.2 Å². The summed E-state index contributed by atoms with van der Waals surface area (Å²) >= 11 is 0. The second-order valence-electron chi connectivity index (χ2n) is 6.02. The lowest BCUT2D eigenvalue weighted by Gasteiger charge is -2.27. The van der Waals surface area contributed by atoms with E-state index in [1.165, 1.54) is 0 Å². The molecule has 1 aliphatic heterocycles. The zero-order valence-corrected chi connectivity index (χ0v) is 14.0. The van der Waals surface area contributed by atoms with Crippen molar-refractivity contribution in [2.45, 2.75) is 6.92 Å². The number of nitrogens with one attached hydrogen (secondary N) is 1. The number of benzene rings is 1. The summed E-state index contributed by atoms with van der Waals surface area (Å²) < 4.78 is 11.0. The van der Waals surface area contributed by atoms with Crippen LogP contribution in [0.15, 0.2) is 46.9 Å². The molecule has 0 bridgehead atoms. The van der Waals surface area contributed by atoms with E-state index < -0.39 is 0 Å². The van der Waals surface area contributed by atoms with Crippen molar-refractivity contribution in [3.8, 4) is 11.5 Å². The molecule has 1 fully saturated rings. The van der Waals surface area contributed by atoms with Gasteiger partial charge in [-0.1, -0.05) is 18.2 Å². The van der Waals surface area contributed by atoms with Crippen molar-refractivity contribution in [2.24, 2.45) is 0 Å². The Morgan fingerprint density at radius 2 is 1.96 bits per heavy atom. The summed E-state index contributed by atoms with van der Waals surface area (Å²) in [4.78, 5) is 17.5. The predicted octanol–water partition coefficient (Wildman–Crippen LogP) is 2.78. The number of aryl methyl sites for hydroxylation is 1. The molecular weight excluding hydrogens is 318 g/mol. The third kappa shape index (κ3) is 3.26. The van der Waals surface area contributed by atoms with Crippen LogP contribution in [0.5, 0.6) is 0 Å². The highest BCUT2D eigenvalue weighted by molar-refractivity contribution is 6.06. The van der Waals surface area contributed by atoms with E-state index >= 15 is 0 Å². The Labute approximate surface area is 145 Å². The van der Waals surface area contributed by atoms with Crippen molar-refractivity contribution < 1.29 is 13.9 Å². The van der Waals surface area contributed by atoms with E-state index in [2.05, 4.69) is 10.4 Å². The molecule has 0 saturated carbocycles. The summed E-state index contributed by atoms with van der Waals surface area (Å²) in [5, 5.41) is 2.71. The largest absolute Gasteiger partial charge is 0.460 e. The van der Waals surface area contributed by atoms with Gasteiger partial charge in [-0.25, -0.2) is 9.99 Å². The molecule has 0 radical (unpaired) electrons. The van der Waals surface area contributed by atoms with Crippen molar-refractivity contribution in [2.75, 3.05) is 26.3 Å². The lowest BCUT2D eigenvalue weighted by molar-refractivity contribution is 0.0127. The van der Waals surface area contributed by atoms with Gasteiger partial charge >= 0.3 is 0 Å². The Morgan fingerprint density at radius 1 is 1.16 bits per heavy atom. The quantitative estimate of drug-likeness (QED) is 0.796. The molecule has 2 aromatic heterocycles. The molecule has 0 aliphatic carbocycles. The summed E-state index contributed by atoms with van der Waals surface area (Å²) in [6, 6.07) is 13.2. The van der Waals surface area contributed by atoms with Gasteiger partial charge < -0.3 is 9.15 Å². The fourth-order valence-corrected chi connectivity index (χ4v) is 2.94. The van der Waals surface area contributed by atoms with Gasteiger partial charge in [0.15, 0.2) is 5.76 Å². The minimum absolute atomic E-state index is 0.148. The number of hydrazine groups is 1. The van der Waals surface area contributed by atoms with Crippen LogP contribution in [0, 0.1) is 6.92 Å². The van der Waals surface area contributed by atoms with Crippen LogP contribution in [0.4, 0.5) is 0 Å². The zero-order valence-electron chi connectivity index (χ0n) is 14.0. The molecule has 0 atom stereocenters. The molecular formula is C19H19N3O3. The molecule has 25 heavy (non-hydrogen) atoms. The number of carbonyl (C=O) groups is 1.